The number of anilines is 1. The van der Waals surface area contributed by atoms with E-state index < -0.39 is 0 Å². The van der Waals surface area contributed by atoms with Gasteiger partial charge in [0, 0.05) is 47.5 Å². The molecule has 6 aromatic carbocycles. The molecule has 6 aromatic rings. The van der Waals surface area contributed by atoms with Gasteiger partial charge in [-0.15, -0.1) is 0 Å². The number of allylic oxidation sites excluding steroid dienone is 6. The summed E-state index contributed by atoms with van der Waals surface area (Å²) in [6.45, 7) is 11.6. The fourth-order valence-corrected chi connectivity index (χ4v) is 9.08. The van der Waals surface area contributed by atoms with Crippen molar-refractivity contribution in [2.75, 3.05) is 18.0 Å². The third kappa shape index (κ3) is 7.11. The molecule has 0 N–H and O–H groups in total. The lowest BCUT2D eigenvalue weighted by Gasteiger charge is -2.27. The average molecular weight is 819 g/mol. The summed E-state index contributed by atoms with van der Waals surface area (Å²) in [7, 11) is 0. The van der Waals surface area contributed by atoms with Crippen molar-refractivity contribution in [2.45, 2.75) is 64.2 Å². The Kier molecular flexibility index (Phi) is 11.1. The van der Waals surface area contributed by atoms with Gasteiger partial charge in [0.15, 0.2) is 5.71 Å². The number of nitrogens with zero attached hydrogens (tertiary/aromatic N) is 2. The second-order valence-electron chi connectivity index (χ2n) is 15.8. The van der Waals surface area contributed by atoms with E-state index in [2.05, 4.69) is 201 Å². The van der Waals surface area contributed by atoms with E-state index in [0.29, 0.717) is 0 Å². The summed E-state index contributed by atoms with van der Waals surface area (Å²) in [6.07, 6.45) is 15.8. The zero-order valence-corrected chi connectivity index (χ0v) is 34.3. The van der Waals surface area contributed by atoms with Crippen LogP contribution in [-0.4, -0.2) is 23.4 Å². The van der Waals surface area contributed by atoms with Crippen LogP contribution in [0.15, 0.2) is 170 Å². The summed E-state index contributed by atoms with van der Waals surface area (Å²) in [6, 6.07) is 48.8. The molecule has 2 nitrogen and oxygen atoms in total. The molecule has 0 bridgehead atoms. The minimum absolute atomic E-state index is 0. The van der Waals surface area contributed by atoms with E-state index in [1.165, 1.54) is 66.6 Å². The van der Waals surface area contributed by atoms with Crippen molar-refractivity contribution in [2.24, 2.45) is 0 Å². The Labute approximate surface area is 339 Å². The highest BCUT2D eigenvalue weighted by molar-refractivity contribution is 6.07. The van der Waals surface area contributed by atoms with Crippen LogP contribution in [0, 0.1) is 0 Å². The lowest BCUT2D eigenvalue weighted by atomic mass is 9.79. The van der Waals surface area contributed by atoms with Crippen molar-refractivity contribution in [3.05, 3.63) is 192 Å². The molecular weight excluding hydrogens is 767 g/mol. The SMILES string of the molecule is CC1(C)C(/C=C/C=C/C=C2/N(CCCc3ccccc3)c3ccc4ccccc4c3C2(C)C)=[N+](CCCc2ccccc2)c2ccc3ccccc3c21.[I-]. The number of aryl methyl sites for hydroxylation is 2. The van der Waals surface area contributed by atoms with Crippen molar-refractivity contribution in [1.29, 1.82) is 0 Å². The van der Waals surface area contributed by atoms with Gasteiger partial charge in [-0.1, -0.05) is 147 Å². The Morgan fingerprint density at radius 1 is 0.556 bits per heavy atom. The molecule has 0 atom stereocenters. The third-order valence-corrected chi connectivity index (χ3v) is 11.6. The third-order valence-electron chi connectivity index (χ3n) is 11.6. The molecule has 2 heterocycles. The number of benzene rings is 6. The number of fused-ring (bicyclic) bond motifs is 6. The Morgan fingerprint density at radius 3 is 1.80 bits per heavy atom. The smallest absolute Gasteiger partial charge is 0.210 e. The highest BCUT2D eigenvalue weighted by Crippen LogP contribution is 2.51. The van der Waals surface area contributed by atoms with Crippen LogP contribution >= 0.6 is 0 Å². The van der Waals surface area contributed by atoms with Crippen molar-refractivity contribution in [3.8, 4) is 0 Å². The minimum Gasteiger partial charge on any atom is -1.00 e. The summed E-state index contributed by atoms with van der Waals surface area (Å²) in [5.41, 5.74) is 10.8. The molecule has 54 heavy (non-hydrogen) atoms. The van der Waals surface area contributed by atoms with Gasteiger partial charge in [0.2, 0.25) is 5.69 Å². The molecule has 0 saturated carbocycles. The summed E-state index contributed by atoms with van der Waals surface area (Å²) >= 11 is 0. The summed E-state index contributed by atoms with van der Waals surface area (Å²) < 4.78 is 2.59. The van der Waals surface area contributed by atoms with Crippen LogP contribution in [0.3, 0.4) is 0 Å². The molecule has 0 fully saturated rings. The van der Waals surface area contributed by atoms with E-state index in [9.17, 15) is 0 Å². The standard InChI is InChI=1S/C51H51N2.HI/c1-50(2)46(52(36-18-24-38-20-8-5-9-21-38)44-34-32-40-26-14-16-28-42(40)48(44)50)30-12-7-13-31-47-51(3,4)49-43-29-17-15-27-41(43)33-35-45(49)53(47)37-19-25-39-22-10-6-11-23-39;/h5-17,20-23,26-35H,18-19,24-25,36-37H2,1-4H3;1H/q+1;/p-1. The Morgan fingerprint density at radius 2 is 1.13 bits per heavy atom. The van der Waals surface area contributed by atoms with Gasteiger partial charge >= 0.3 is 0 Å². The van der Waals surface area contributed by atoms with Crippen LogP contribution < -0.4 is 28.9 Å². The molecule has 2 aliphatic heterocycles. The first-order valence-electron chi connectivity index (χ1n) is 19.4. The highest BCUT2D eigenvalue weighted by Gasteiger charge is 2.45. The van der Waals surface area contributed by atoms with Crippen LogP contribution in [0.25, 0.3) is 21.5 Å². The predicted octanol–water partition coefficient (Wildman–Crippen LogP) is 9.43. The molecule has 3 heteroatoms. The van der Waals surface area contributed by atoms with Crippen LogP contribution in [0.4, 0.5) is 11.4 Å². The molecular formula is C51H51IN2. The lowest BCUT2D eigenvalue weighted by molar-refractivity contribution is -0.438. The maximum absolute atomic E-state index is 2.59. The van der Waals surface area contributed by atoms with Gasteiger partial charge in [-0.2, -0.15) is 4.58 Å². The maximum atomic E-state index is 2.59. The first kappa shape index (κ1) is 37.6. The molecule has 0 aliphatic carbocycles. The molecule has 0 radical (unpaired) electrons. The van der Waals surface area contributed by atoms with Gasteiger partial charge in [-0.25, -0.2) is 0 Å². The maximum Gasteiger partial charge on any atom is 0.210 e. The topological polar surface area (TPSA) is 6.25 Å². The van der Waals surface area contributed by atoms with Crippen LogP contribution in [0.1, 0.15) is 62.8 Å². The molecule has 272 valence electrons. The van der Waals surface area contributed by atoms with Gasteiger partial charge in [0.1, 0.15) is 6.54 Å². The molecule has 0 spiro atoms. The van der Waals surface area contributed by atoms with Crippen molar-refractivity contribution < 1.29 is 28.6 Å². The monoisotopic (exact) mass is 818 g/mol. The van der Waals surface area contributed by atoms with Crippen LogP contribution in [-0.2, 0) is 23.7 Å². The van der Waals surface area contributed by atoms with E-state index >= 15 is 0 Å². The Hall–Kier alpha value is -4.74. The van der Waals surface area contributed by atoms with E-state index in [-0.39, 0.29) is 34.8 Å². The van der Waals surface area contributed by atoms with Gasteiger partial charge < -0.3 is 28.9 Å². The largest absolute Gasteiger partial charge is 1.00 e. The van der Waals surface area contributed by atoms with Crippen LogP contribution in [0.5, 0.6) is 0 Å². The van der Waals surface area contributed by atoms with Crippen molar-refractivity contribution >= 4 is 38.6 Å². The van der Waals surface area contributed by atoms with Gasteiger partial charge in [0.05, 0.1) is 5.41 Å². The molecule has 8 rings (SSSR count). The average Bonchev–Trinajstić information content (AvgIpc) is 3.54. The lowest BCUT2D eigenvalue weighted by Crippen LogP contribution is -3.00. The van der Waals surface area contributed by atoms with Gasteiger partial charge in [0.25, 0.3) is 0 Å². The second-order valence-corrected chi connectivity index (χ2v) is 15.8. The fourth-order valence-electron chi connectivity index (χ4n) is 9.08. The first-order valence-corrected chi connectivity index (χ1v) is 19.4. The van der Waals surface area contributed by atoms with Crippen LogP contribution in [0.2, 0.25) is 0 Å². The molecule has 2 aliphatic rings. The van der Waals surface area contributed by atoms with E-state index in [1.54, 1.807) is 0 Å². The summed E-state index contributed by atoms with van der Waals surface area (Å²) in [4.78, 5) is 2.59. The zero-order chi connectivity index (χ0) is 36.4. The normalized spacial score (nSPS) is 16.5. The quantitative estimate of drug-likeness (QED) is 0.0718. The zero-order valence-electron chi connectivity index (χ0n) is 32.1. The Bertz CT molecular complexity index is 2400. The molecule has 0 unspecified atom stereocenters. The molecule has 0 amide bonds. The number of hydrogen-bond donors (Lipinski definition) is 0. The Balaban J connectivity index is 0.00000450. The number of halogens is 1. The van der Waals surface area contributed by atoms with Gasteiger partial charge in [-0.3, -0.25) is 0 Å². The number of rotatable bonds is 11. The first-order chi connectivity index (χ1) is 25.8. The van der Waals surface area contributed by atoms with E-state index in [4.69, 9.17) is 0 Å². The number of hydrogen-bond acceptors (Lipinski definition) is 1. The van der Waals surface area contributed by atoms with Gasteiger partial charge in [-0.05, 0) is 89.6 Å². The fraction of sp³-hybridized carbons (Fsp3) is 0.235. The minimum atomic E-state index is -0.128. The summed E-state index contributed by atoms with van der Waals surface area (Å²) in [5.74, 6) is 0. The predicted molar refractivity (Wildman–Crippen MR) is 227 cm³/mol. The van der Waals surface area contributed by atoms with E-state index in [1.807, 2.05) is 0 Å². The molecule has 0 saturated heterocycles. The second kappa shape index (κ2) is 15.9. The van der Waals surface area contributed by atoms with Crippen molar-refractivity contribution in [1.82, 2.24) is 0 Å². The molecule has 0 aromatic heterocycles. The van der Waals surface area contributed by atoms with Crippen molar-refractivity contribution in [3.63, 3.8) is 0 Å². The van der Waals surface area contributed by atoms with E-state index in [0.717, 1.165) is 38.8 Å². The summed E-state index contributed by atoms with van der Waals surface area (Å²) in [5, 5.41) is 5.33. The highest BCUT2D eigenvalue weighted by atomic mass is 127.